The molecule has 0 atom stereocenters. The van der Waals surface area contributed by atoms with E-state index in [0.29, 0.717) is 12.6 Å². The average molecular weight is 455 g/mol. The smallest absolute Gasteiger partial charge is 0.227 e. The van der Waals surface area contributed by atoms with E-state index < -0.39 is 0 Å². The highest BCUT2D eigenvalue weighted by Crippen LogP contribution is 2.34. The molecule has 8 heteroatoms. The number of ether oxygens (including phenoxy) is 2. The summed E-state index contributed by atoms with van der Waals surface area (Å²) in [5, 5.41) is 7.75. The summed E-state index contributed by atoms with van der Waals surface area (Å²) in [5.74, 6) is 3.01. The predicted octanol–water partition coefficient (Wildman–Crippen LogP) is 3.92. The van der Waals surface area contributed by atoms with Gasteiger partial charge in [0, 0.05) is 36.9 Å². The van der Waals surface area contributed by atoms with E-state index in [1.165, 1.54) is 11.1 Å². The minimum atomic E-state index is 0.528. The molecule has 0 amide bonds. The van der Waals surface area contributed by atoms with Crippen molar-refractivity contribution in [3.05, 3.63) is 59.9 Å². The summed E-state index contributed by atoms with van der Waals surface area (Å²) in [6.45, 7) is 3.34. The van der Waals surface area contributed by atoms with Crippen molar-refractivity contribution in [2.24, 2.45) is 0 Å². The number of nitrogens with one attached hydrogen (secondary N) is 2. The van der Waals surface area contributed by atoms with Gasteiger partial charge in [0.15, 0.2) is 11.6 Å². The number of rotatable bonds is 4. The number of hydrogen-bond acceptors (Lipinski definition) is 8. The Morgan fingerprint density at radius 3 is 2.91 bits per heavy atom. The molecule has 4 aromatic rings. The fourth-order valence-corrected chi connectivity index (χ4v) is 4.55. The first-order valence-electron chi connectivity index (χ1n) is 11.5. The van der Waals surface area contributed by atoms with E-state index in [4.69, 9.17) is 14.5 Å². The first-order chi connectivity index (χ1) is 16.7. The SMILES string of the molecule is COc1cc2c(cc1Nc1ncc3ccc(-c4cnc5c(c4)OCCN5C)cc3n1)CNCC2. The third-order valence-corrected chi connectivity index (χ3v) is 6.45. The molecule has 6 rings (SSSR count). The van der Waals surface area contributed by atoms with Gasteiger partial charge in [-0.2, -0.15) is 0 Å². The molecule has 0 spiro atoms. The van der Waals surface area contributed by atoms with Crippen LogP contribution in [0, 0.1) is 0 Å². The second kappa shape index (κ2) is 8.46. The van der Waals surface area contributed by atoms with Gasteiger partial charge in [-0.15, -0.1) is 0 Å². The summed E-state index contributed by atoms with van der Waals surface area (Å²) >= 11 is 0. The average Bonchev–Trinajstić information content (AvgIpc) is 2.88. The van der Waals surface area contributed by atoms with E-state index in [-0.39, 0.29) is 0 Å². The van der Waals surface area contributed by atoms with E-state index in [0.717, 1.165) is 71.1 Å². The van der Waals surface area contributed by atoms with Crippen molar-refractivity contribution in [1.82, 2.24) is 20.3 Å². The maximum atomic E-state index is 5.83. The maximum Gasteiger partial charge on any atom is 0.227 e. The summed E-state index contributed by atoms with van der Waals surface area (Å²) in [4.78, 5) is 16.0. The minimum absolute atomic E-state index is 0.528. The molecule has 4 heterocycles. The maximum absolute atomic E-state index is 5.83. The van der Waals surface area contributed by atoms with Crippen LogP contribution in [0.2, 0.25) is 0 Å². The standard InChI is InChI=1S/C26H26N6O2/c1-32-7-8-34-24-12-20(15-28-25(24)32)16-3-4-18-14-29-26(30-21(18)9-16)31-22-10-19-13-27-6-5-17(19)11-23(22)33-2/h3-4,9-12,14-15,27H,5-8,13H2,1-2H3,(H,29,30,31). The van der Waals surface area contributed by atoms with Crippen molar-refractivity contribution in [2.45, 2.75) is 13.0 Å². The number of pyridine rings is 1. The van der Waals surface area contributed by atoms with E-state index in [1.807, 2.05) is 31.6 Å². The number of anilines is 3. The zero-order chi connectivity index (χ0) is 23.1. The summed E-state index contributed by atoms with van der Waals surface area (Å²) in [6.07, 6.45) is 4.72. The monoisotopic (exact) mass is 454 g/mol. The summed E-state index contributed by atoms with van der Waals surface area (Å²) in [6, 6.07) is 12.4. The molecule has 2 aromatic carbocycles. The first kappa shape index (κ1) is 20.7. The molecule has 0 bridgehead atoms. The van der Waals surface area contributed by atoms with Crippen molar-refractivity contribution >= 4 is 28.4 Å². The highest BCUT2D eigenvalue weighted by molar-refractivity contribution is 5.85. The van der Waals surface area contributed by atoms with Gasteiger partial charge >= 0.3 is 0 Å². The Bertz CT molecular complexity index is 1390. The van der Waals surface area contributed by atoms with Gasteiger partial charge in [0.05, 0.1) is 24.9 Å². The quantitative estimate of drug-likeness (QED) is 0.480. The molecule has 2 aliphatic rings. The molecule has 2 aliphatic heterocycles. The second-order valence-corrected chi connectivity index (χ2v) is 8.66. The lowest BCUT2D eigenvalue weighted by molar-refractivity contribution is 0.309. The number of methoxy groups -OCH3 is 1. The van der Waals surface area contributed by atoms with Crippen LogP contribution in [0.3, 0.4) is 0 Å². The zero-order valence-corrected chi connectivity index (χ0v) is 19.3. The lowest BCUT2D eigenvalue weighted by Crippen LogP contribution is -2.29. The van der Waals surface area contributed by atoms with Crippen LogP contribution in [0.1, 0.15) is 11.1 Å². The number of likely N-dealkylation sites (N-methyl/N-ethyl adjacent to an activating group) is 1. The predicted molar refractivity (Wildman–Crippen MR) is 133 cm³/mol. The number of nitrogens with zero attached hydrogens (tertiary/aromatic N) is 4. The van der Waals surface area contributed by atoms with E-state index >= 15 is 0 Å². The van der Waals surface area contributed by atoms with Gasteiger partial charge in [0.2, 0.25) is 5.95 Å². The zero-order valence-electron chi connectivity index (χ0n) is 19.3. The van der Waals surface area contributed by atoms with Gasteiger partial charge in [-0.3, -0.25) is 0 Å². The topological polar surface area (TPSA) is 84.4 Å². The molecule has 172 valence electrons. The molecule has 0 saturated heterocycles. The van der Waals surface area contributed by atoms with E-state index in [9.17, 15) is 0 Å². The number of benzene rings is 2. The van der Waals surface area contributed by atoms with Gasteiger partial charge in [-0.1, -0.05) is 12.1 Å². The third kappa shape index (κ3) is 3.76. The van der Waals surface area contributed by atoms with Gasteiger partial charge in [0.25, 0.3) is 0 Å². The Balaban J connectivity index is 1.33. The largest absolute Gasteiger partial charge is 0.495 e. The third-order valence-electron chi connectivity index (χ3n) is 6.45. The lowest BCUT2D eigenvalue weighted by atomic mass is 10.00. The van der Waals surface area contributed by atoms with Crippen LogP contribution in [-0.2, 0) is 13.0 Å². The molecule has 0 unspecified atom stereocenters. The number of hydrogen-bond donors (Lipinski definition) is 2. The Morgan fingerprint density at radius 2 is 2.00 bits per heavy atom. The Hall–Kier alpha value is -3.91. The molecule has 34 heavy (non-hydrogen) atoms. The number of fused-ring (bicyclic) bond motifs is 3. The molecule has 0 fully saturated rings. The Labute approximate surface area is 198 Å². The Kier molecular flexibility index (Phi) is 5.15. The minimum Gasteiger partial charge on any atom is -0.495 e. The van der Waals surface area contributed by atoms with Crippen LogP contribution in [0.4, 0.5) is 17.5 Å². The van der Waals surface area contributed by atoms with E-state index in [1.54, 1.807) is 7.11 Å². The molecule has 0 radical (unpaired) electrons. The fourth-order valence-electron chi connectivity index (χ4n) is 4.55. The summed E-state index contributed by atoms with van der Waals surface area (Å²) in [5.41, 5.74) is 6.32. The van der Waals surface area contributed by atoms with Crippen molar-refractivity contribution in [3.63, 3.8) is 0 Å². The van der Waals surface area contributed by atoms with Gasteiger partial charge in [-0.05, 0) is 53.9 Å². The molecular weight excluding hydrogens is 428 g/mol. The highest BCUT2D eigenvalue weighted by atomic mass is 16.5. The van der Waals surface area contributed by atoms with Crippen molar-refractivity contribution in [3.8, 4) is 22.6 Å². The molecule has 8 nitrogen and oxygen atoms in total. The van der Waals surface area contributed by atoms with Crippen LogP contribution in [-0.4, -0.2) is 48.8 Å². The molecule has 2 N–H and O–H groups in total. The summed E-state index contributed by atoms with van der Waals surface area (Å²) in [7, 11) is 3.72. The normalized spacial score (nSPS) is 14.8. The van der Waals surface area contributed by atoms with Crippen molar-refractivity contribution < 1.29 is 9.47 Å². The Morgan fingerprint density at radius 1 is 1.06 bits per heavy atom. The van der Waals surface area contributed by atoms with Crippen molar-refractivity contribution in [1.29, 1.82) is 0 Å². The molecule has 0 aliphatic carbocycles. The molecular formula is C26H26N6O2. The number of aromatic nitrogens is 3. The van der Waals surface area contributed by atoms with Crippen LogP contribution in [0.5, 0.6) is 11.5 Å². The van der Waals surface area contributed by atoms with Crippen LogP contribution in [0.25, 0.3) is 22.0 Å². The highest BCUT2D eigenvalue weighted by Gasteiger charge is 2.18. The first-order valence-corrected chi connectivity index (χ1v) is 11.5. The van der Waals surface area contributed by atoms with Crippen LogP contribution in [0.15, 0.2) is 48.8 Å². The van der Waals surface area contributed by atoms with Crippen LogP contribution >= 0.6 is 0 Å². The molecule has 2 aromatic heterocycles. The fraction of sp³-hybridized carbons (Fsp3) is 0.269. The summed E-state index contributed by atoms with van der Waals surface area (Å²) < 4.78 is 11.5. The van der Waals surface area contributed by atoms with Gasteiger partial charge in [0.1, 0.15) is 12.4 Å². The van der Waals surface area contributed by atoms with Crippen molar-refractivity contribution in [2.75, 3.05) is 44.1 Å². The molecule has 0 saturated carbocycles. The second-order valence-electron chi connectivity index (χ2n) is 8.66. The van der Waals surface area contributed by atoms with Crippen LogP contribution < -0.4 is 25.0 Å². The lowest BCUT2D eigenvalue weighted by Gasteiger charge is -2.26. The van der Waals surface area contributed by atoms with E-state index in [2.05, 4.69) is 49.8 Å². The van der Waals surface area contributed by atoms with Gasteiger partial charge < -0.3 is 25.0 Å². The van der Waals surface area contributed by atoms with Gasteiger partial charge in [-0.25, -0.2) is 15.0 Å².